The lowest BCUT2D eigenvalue weighted by Gasteiger charge is -2.55. The number of carbonyl (C=O) groups excluding carboxylic acids is 4. The molecule has 0 aliphatic carbocycles. The van der Waals surface area contributed by atoms with Crippen molar-refractivity contribution in [1.82, 2.24) is 15.8 Å². The van der Waals surface area contributed by atoms with Gasteiger partial charge in [0, 0.05) is 24.8 Å². The van der Waals surface area contributed by atoms with Crippen LogP contribution in [0.25, 0.3) is 11.0 Å². The lowest BCUT2D eigenvalue weighted by molar-refractivity contribution is -0.153. The van der Waals surface area contributed by atoms with E-state index in [1.165, 1.54) is 4.90 Å². The summed E-state index contributed by atoms with van der Waals surface area (Å²) in [6.45, 7) is 5.71. The molecule has 4 atom stereocenters. The SMILES string of the molecule is CCC1CSC(=O)N1c1noc2c(F)c3c(cc12)CC1(C(=O)NC(=O)NC1=O)C1[C@H](C)O[C@H](C)CN31. The van der Waals surface area contributed by atoms with Gasteiger partial charge in [0.15, 0.2) is 17.1 Å². The van der Waals surface area contributed by atoms with Gasteiger partial charge in [0.25, 0.3) is 5.24 Å². The Bertz CT molecular complexity index is 1330. The van der Waals surface area contributed by atoms with Crippen LogP contribution in [0, 0.1) is 11.2 Å². The number of amides is 5. The average molecular weight is 518 g/mol. The summed E-state index contributed by atoms with van der Waals surface area (Å²) in [4.78, 5) is 54.4. The van der Waals surface area contributed by atoms with Gasteiger partial charge in [-0.2, -0.15) is 0 Å². The number of imide groups is 2. The average Bonchev–Trinajstić information content (AvgIpc) is 3.39. The molecule has 2 N–H and O–H groups in total. The van der Waals surface area contributed by atoms with Crippen molar-refractivity contribution in [2.45, 2.75) is 57.9 Å². The van der Waals surface area contributed by atoms with Crippen LogP contribution in [0.5, 0.6) is 0 Å². The minimum atomic E-state index is -1.73. The van der Waals surface area contributed by atoms with Gasteiger partial charge in [-0.05, 0) is 31.9 Å². The lowest BCUT2D eigenvalue weighted by Crippen LogP contribution is -2.75. The molecule has 5 amide bonds. The van der Waals surface area contributed by atoms with E-state index in [2.05, 4.69) is 15.8 Å². The summed E-state index contributed by atoms with van der Waals surface area (Å²) in [5, 5.41) is 8.58. The third-order valence-corrected chi connectivity index (χ3v) is 8.60. The Morgan fingerprint density at radius 3 is 2.64 bits per heavy atom. The molecule has 36 heavy (non-hydrogen) atoms. The summed E-state index contributed by atoms with van der Waals surface area (Å²) >= 11 is 1.16. The van der Waals surface area contributed by atoms with Gasteiger partial charge in [0.05, 0.1) is 29.3 Å². The highest BCUT2D eigenvalue weighted by molar-refractivity contribution is 8.14. The molecule has 0 bridgehead atoms. The second kappa shape index (κ2) is 7.90. The number of morpholine rings is 1. The van der Waals surface area contributed by atoms with Crippen molar-refractivity contribution in [1.29, 1.82) is 0 Å². The molecule has 2 aromatic rings. The number of hydrogen-bond donors (Lipinski definition) is 2. The standard InChI is InChI=1S/C23H24FN5O6S/c1-4-12-8-36-22(33)29(12)18-13-5-11-6-23(19(30)25-21(32)26-20(23)31)17-10(3)34-9(2)7-28(17)15(11)14(24)16(13)35-27-18/h5,9-10,12,17H,4,6-8H2,1-3H3,(H2,25,26,30,31,32)/t9-,10+,12?,17?/m1/s1. The molecule has 0 radical (unpaired) electrons. The van der Waals surface area contributed by atoms with Crippen molar-refractivity contribution in [3.63, 3.8) is 0 Å². The van der Waals surface area contributed by atoms with Gasteiger partial charge in [0.2, 0.25) is 17.4 Å². The fourth-order valence-corrected chi connectivity index (χ4v) is 7.22. The normalized spacial score (nSPS) is 29.4. The summed E-state index contributed by atoms with van der Waals surface area (Å²) in [6.07, 6.45) is -0.436. The zero-order chi connectivity index (χ0) is 25.5. The van der Waals surface area contributed by atoms with Crippen molar-refractivity contribution in [2.24, 2.45) is 5.41 Å². The van der Waals surface area contributed by atoms with E-state index >= 15 is 4.39 Å². The summed E-state index contributed by atoms with van der Waals surface area (Å²) < 4.78 is 27.6. The Morgan fingerprint density at radius 2 is 1.94 bits per heavy atom. The molecule has 6 rings (SSSR count). The predicted molar refractivity (Wildman–Crippen MR) is 127 cm³/mol. The van der Waals surface area contributed by atoms with Crippen LogP contribution in [0.2, 0.25) is 0 Å². The monoisotopic (exact) mass is 517 g/mol. The summed E-state index contributed by atoms with van der Waals surface area (Å²) in [5.74, 6) is -1.40. The zero-order valence-corrected chi connectivity index (χ0v) is 20.6. The van der Waals surface area contributed by atoms with Gasteiger partial charge in [-0.25, -0.2) is 9.18 Å². The summed E-state index contributed by atoms with van der Waals surface area (Å²) in [7, 11) is 0. The van der Waals surface area contributed by atoms with E-state index < -0.39 is 41.2 Å². The first kappa shape index (κ1) is 23.2. The second-order valence-corrected chi connectivity index (χ2v) is 10.7. The smallest absolute Gasteiger partial charge is 0.328 e. The highest BCUT2D eigenvalue weighted by atomic mass is 32.2. The van der Waals surface area contributed by atoms with Crippen LogP contribution in [0.1, 0.15) is 32.8 Å². The van der Waals surface area contributed by atoms with Gasteiger partial charge in [-0.15, -0.1) is 0 Å². The van der Waals surface area contributed by atoms with Crippen molar-refractivity contribution >= 4 is 57.3 Å². The van der Waals surface area contributed by atoms with Crippen LogP contribution in [-0.4, -0.2) is 64.8 Å². The van der Waals surface area contributed by atoms with Crippen LogP contribution < -0.4 is 20.4 Å². The predicted octanol–water partition coefficient (Wildman–Crippen LogP) is 2.31. The minimum absolute atomic E-state index is 0.0995. The molecular formula is C23H24FN5O6S. The summed E-state index contributed by atoms with van der Waals surface area (Å²) in [6, 6.07) is -0.246. The van der Waals surface area contributed by atoms with Gasteiger partial charge < -0.3 is 14.2 Å². The molecule has 190 valence electrons. The number of benzene rings is 1. The molecule has 4 aliphatic heterocycles. The van der Waals surface area contributed by atoms with Crippen LogP contribution in [0.15, 0.2) is 10.6 Å². The largest absolute Gasteiger partial charge is 0.372 e. The van der Waals surface area contributed by atoms with Crippen molar-refractivity contribution < 1.29 is 32.8 Å². The van der Waals surface area contributed by atoms with Crippen LogP contribution in [0.3, 0.4) is 0 Å². The van der Waals surface area contributed by atoms with Crippen LogP contribution >= 0.6 is 11.8 Å². The number of thioether (sulfide) groups is 1. The number of aromatic nitrogens is 1. The molecular weight excluding hydrogens is 493 g/mol. The van der Waals surface area contributed by atoms with E-state index in [0.29, 0.717) is 17.7 Å². The fraction of sp³-hybridized carbons (Fsp3) is 0.522. The molecule has 13 heteroatoms. The first-order valence-corrected chi connectivity index (χ1v) is 12.8. The quantitative estimate of drug-likeness (QED) is 0.576. The van der Waals surface area contributed by atoms with E-state index in [1.54, 1.807) is 17.9 Å². The topological polar surface area (TPSA) is 134 Å². The number of hydrogen-bond acceptors (Lipinski definition) is 9. The van der Waals surface area contributed by atoms with E-state index in [4.69, 9.17) is 9.26 Å². The van der Waals surface area contributed by atoms with Gasteiger partial charge in [-0.1, -0.05) is 23.8 Å². The number of urea groups is 1. The maximum atomic E-state index is 16.2. The number of halogens is 1. The van der Waals surface area contributed by atoms with Crippen molar-refractivity contribution in [3.8, 4) is 0 Å². The van der Waals surface area contributed by atoms with E-state index in [1.807, 2.05) is 13.8 Å². The molecule has 5 heterocycles. The van der Waals surface area contributed by atoms with Crippen LogP contribution in [-0.2, 0) is 20.7 Å². The Labute approximate surface area is 209 Å². The third kappa shape index (κ3) is 2.98. The lowest BCUT2D eigenvalue weighted by atomic mass is 9.66. The van der Waals surface area contributed by atoms with Gasteiger partial charge in [0.1, 0.15) is 0 Å². The van der Waals surface area contributed by atoms with Crippen LogP contribution in [0.4, 0.5) is 25.5 Å². The number of carbonyl (C=O) groups is 4. The first-order valence-electron chi connectivity index (χ1n) is 11.8. The number of barbiturate groups is 1. The number of nitrogens with one attached hydrogen (secondary N) is 2. The fourth-order valence-electron chi connectivity index (χ4n) is 6.13. The van der Waals surface area contributed by atoms with E-state index in [-0.39, 0.29) is 52.8 Å². The highest BCUT2D eigenvalue weighted by Gasteiger charge is 2.63. The number of ether oxygens (including phenoxy) is 1. The maximum Gasteiger partial charge on any atom is 0.328 e. The molecule has 2 unspecified atom stereocenters. The molecule has 4 aliphatic rings. The second-order valence-electron chi connectivity index (χ2n) is 9.72. The van der Waals surface area contributed by atoms with E-state index in [0.717, 1.165) is 11.8 Å². The number of rotatable bonds is 2. The van der Waals surface area contributed by atoms with Gasteiger partial charge in [-0.3, -0.25) is 29.9 Å². The minimum Gasteiger partial charge on any atom is -0.372 e. The molecule has 1 aromatic heterocycles. The Balaban J connectivity index is 1.57. The molecule has 3 saturated heterocycles. The highest BCUT2D eigenvalue weighted by Crippen LogP contribution is 2.50. The Kier molecular flexibility index (Phi) is 5.10. The Hall–Kier alpha value is -3.19. The number of fused-ring (bicyclic) bond motifs is 5. The maximum absolute atomic E-state index is 16.2. The Morgan fingerprint density at radius 1 is 1.22 bits per heavy atom. The van der Waals surface area contributed by atoms with Crippen molar-refractivity contribution in [2.75, 3.05) is 22.1 Å². The zero-order valence-electron chi connectivity index (χ0n) is 19.8. The molecule has 0 saturated carbocycles. The molecule has 3 fully saturated rings. The molecule has 1 aromatic carbocycles. The van der Waals surface area contributed by atoms with Crippen molar-refractivity contribution in [3.05, 3.63) is 17.4 Å². The molecule has 1 spiro atoms. The first-order chi connectivity index (χ1) is 17.2. The molecule has 11 nitrogen and oxygen atoms in total. The van der Waals surface area contributed by atoms with E-state index in [9.17, 15) is 19.2 Å². The third-order valence-electron chi connectivity index (χ3n) is 7.61. The summed E-state index contributed by atoms with van der Waals surface area (Å²) in [5.41, 5.74) is -1.25. The number of anilines is 2. The number of nitrogens with zero attached hydrogens (tertiary/aromatic N) is 3. The van der Waals surface area contributed by atoms with Gasteiger partial charge >= 0.3 is 6.03 Å².